The largest absolute Gasteiger partial charge is 0.494 e. The Morgan fingerprint density at radius 2 is 1.50 bits per heavy atom. The molecular formula is C29H24N4O7S2. The van der Waals surface area contributed by atoms with Gasteiger partial charge in [-0.05, 0) is 36.4 Å². The van der Waals surface area contributed by atoms with Gasteiger partial charge in [-0.3, -0.25) is 9.11 Å². The van der Waals surface area contributed by atoms with E-state index >= 15 is 0 Å². The molecule has 1 aliphatic heterocycles. The number of nitrogen functional groups attached to an aromatic ring is 1. The fourth-order valence-corrected chi connectivity index (χ4v) is 6.76. The molecule has 0 radical (unpaired) electrons. The summed E-state index contributed by atoms with van der Waals surface area (Å²) in [4.78, 5) is 0.728. The summed E-state index contributed by atoms with van der Waals surface area (Å²) in [6.45, 7) is 0. The Hall–Kier alpha value is -4.82. The molecular weight excluding hydrogens is 580 g/mol. The lowest BCUT2D eigenvalue weighted by molar-refractivity contribution is 0.416. The first kappa shape index (κ1) is 27.4. The van der Waals surface area contributed by atoms with Gasteiger partial charge in [0, 0.05) is 28.2 Å². The molecule has 0 atom stereocenters. The highest BCUT2D eigenvalue weighted by Gasteiger charge is 2.36. The van der Waals surface area contributed by atoms with Gasteiger partial charge < -0.3 is 26.0 Å². The molecule has 0 saturated heterocycles. The van der Waals surface area contributed by atoms with Crippen LogP contribution in [-0.2, 0) is 20.2 Å². The van der Waals surface area contributed by atoms with E-state index in [1.165, 1.54) is 25.3 Å². The highest BCUT2D eigenvalue weighted by Crippen LogP contribution is 2.58. The first-order valence-corrected chi connectivity index (χ1v) is 15.4. The smallest absolute Gasteiger partial charge is 0.298 e. The minimum Gasteiger partial charge on any atom is -0.494 e. The molecule has 13 heteroatoms. The molecule has 0 bridgehead atoms. The lowest BCUT2D eigenvalue weighted by Gasteiger charge is -2.37. The van der Waals surface area contributed by atoms with Crippen LogP contribution in [0.5, 0.6) is 5.75 Å². The standard InChI is InChI=1S/C29H24N4O7S2/c1-40-23-15-20(30)29(42(37,38)39)28-27(23)32-26-19-13-8-14-24(41(34,35)36)25(19)21(31-17-9-4-2-5-10-17)16-22(26)33(28)18-11-6-3-7-12-18/h2-16,31-32H,30H2,1H3,(H,34,35,36)(H,37,38,39). The summed E-state index contributed by atoms with van der Waals surface area (Å²) in [6.07, 6.45) is 0. The second-order valence-corrected chi connectivity index (χ2v) is 12.2. The van der Waals surface area contributed by atoms with E-state index in [2.05, 4.69) is 10.6 Å². The average molecular weight is 605 g/mol. The number of hydrogen-bond donors (Lipinski definition) is 5. The summed E-state index contributed by atoms with van der Waals surface area (Å²) >= 11 is 0. The maximum absolute atomic E-state index is 12.8. The van der Waals surface area contributed by atoms with Gasteiger partial charge in [-0.25, -0.2) is 0 Å². The number of rotatable bonds is 6. The maximum atomic E-state index is 12.8. The van der Waals surface area contributed by atoms with Crippen LogP contribution in [0.15, 0.2) is 101 Å². The summed E-state index contributed by atoms with van der Waals surface area (Å²) in [5, 5.41) is 7.03. The monoisotopic (exact) mass is 604 g/mol. The molecule has 0 unspecified atom stereocenters. The third kappa shape index (κ3) is 4.54. The maximum Gasteiger partial charge on any atom is 0.298 e. The van der Waals surface area contributed by atoms with Crippen molar-refractivity contribution in [2.45, 2.75) is 9.79 Å². The molecule has 0 fully saturated rings. The minimum atomic E-state index is -4.86. The van der Waals surface area contributed by atoms with Crippen LogP contribution >= 0.6 is 0 Å². The quantitative estimate of drug-likeness (QED) is 0.108. The zero-order valence-electron chi connectivity index (χ0n) is 21.9. The van der Waals surface area contributed by atoms with Crippen molar-refractivity contribution in [2.75, 3.05) is 28.4 Å². The van der Waals surface area contributed by atoms with Gasteiger partial charge in [-0.15, -0.1) is 0 Å². The van der Waals surface area contributed by atoms with Crippen molar-refractivity contribution in [2.24, 2.45) is 0 Å². The third-order valence-electron chi connectivity index (χ3n) is 6.89. The Labute approximate surface area is 241 Å². The van der Waals surface area contributed by atoms with Crippen molar-refractivity contribution in [1.29, 1.82) is 0 Å². The molecule has 214 valence electrons. The Kier molecular flexibility index (Phi) is 6.46. The Morgan fingerprint density at radius 3 is 2.12 bits per heavy atom. The molecule has 0 saturated carbocycles. The predicted octanol–water partition coefficient (Wildman–Crippen LogP) is 6.19. The number of para-hydroxylation sites is 2. The van der Waals surface area contributed by atoms with Gasteiger partial charge in [0.05, 0.1) is 35.5 Å². The van der Waals surface area contributed by atoms with Gasteiger partial charge in [0.15, 0.2) is 0 Å². The van der Waals surface area contributed by atoms with Crippen molar-refractivity contribution in [3.05, 3.63) is 91.0 Å². The molecule has 0 spiro atoms. The summed E-state index contributed by atoms with van der Waals surface area (Å²) in [7, 11) is -8.15. The number of nitrogens with zero attached hydrogens (tertiary/aromatic N) is 1. The normalized spacial score (nSPS) is 12.8. The molecule has 5 aromatic carbocycles. The highest BCUT2D eigenvalue weighted by molar-refractivity contribution is 7.86. The molecule has 1 aliphatic rings. The van der Waals surface area contributed by atoms with Crippen molar-refractivity contribution in [1.82, 2.24) is 0 Å². The van der Waals surface area contributed by atoms with Crippen LogP contribution in [0.2, 0.25) is 0 Å². The predicted molar refractivity (Wildman–Crippen MR) is 162 cm³/mol. The number of anilines is 8. The first-order chi connectivity index (χ1) is 20.0. The molecule has 0 amide bonds. The second kappa shape index (κ2) is 9.92. The van der Waals surface area contributed by atoms with Crippen LogP contribution in [0.25, 0.3) is 10.8 Å². The fourth-order valence-electron chi connectivity index (χ4n) is 5.24. The number of methoxy groups -OCH3 is 1. The minimum absolute atomic E-state index is 0.00370. The van der Waals surface area contributed by atoms with E-state index in [-0.39, 0.29) is 33.1 Å². The zero-order valence-corrected chi connectivity index (χ0v) is 23.6. The molecule has 0 aromatic heterocycles. The third-order valence-corrected chi connectivity index (χ3v) is 8.73. The van der Waals surface area contributed by atoms with E-state index in [1.807, 2.05) is 6.07 Å². The number of nitrogens with one attached hydrogen (secondary N) is 2. The van der Waals surface area contributed by atoms with Crippen molar-refractivity contribution in [3.8, 4) is 5.75 Å². The summed E-state index contributed by atoms with van der Waals surface area (Å²) in [5.74, 6) is 0.173. The lowest BCUT2D eigenvalue weighted by Crippen LogP contribution is -2.22. The average Bonchev–Trinajstić information content (AvgIpc) is 2.95. The van der Waals surface area contributed by atoms with Gasteiger partial charge in [-0.1, -0.05) is 48.5 Å². The molecule has 5 aromatic rings. The van der Waals surface area contributed by atoms with Crippen LogP contribution in [0, 0.1) is 0 Å². The van der Waals surface area contributed by atoms with E-state index in [0.717, 1.165) is 0 Å². The number of hydrogen-bond acceptors (Lipinski definition) is 9. The van der Waals surface area contributed by atoms with Crippen LogP contribution in [0.4, 0.5) is 45.5 Å². The van der Waals surface area contributed by atoms with Gasteiger partial charge in [0.25, 0.3) is 20.2 Å². The Bertz CT molecular complexity index is 2090. The Balaban J connectivity index is 1.79. The summed E-state index contributed by atoms with van der Waals surface area (Å²) in [6, 6.07) is 25.2. The van der Waals surface area contributed by atoms with E-state index in [9.17, 15) is 25.9 Å². The fraction of sp³-hybridized carbons (Fsp3) is 0.0345. The van der Waals surface area contributed by atoms with Crippen LogP contribution < -0.4 is 26.0 Å². The topological polar surface area (TPSA) is 171 Å². The van der Waals surface area contributed by atoms with E-state index < -0.39 is 25.1 Å². The van der Waals surface area contributed by atoms with Crippen LogP contribution in [0.3, 0.4) is 0 Å². The summed E-state index contributed by atoms with van der Waals surface area (Å²) in [5.41, 5.74) is 8.33. The van der Waals surface area contributed by atoms with E-state index in [4.69, 9.17) is 10.5 Å². The molecule has 6 rings (SSSR count). The number of ether oxygens (including phenoxy) is 1. The SMILES string of the molecule is COc1cc(N)c(S(=O)(=O)O)c2c1Nc1c(cc(Nc3ccccc3)c3c(S(=O)(=O)O)cccc13)N2c1ccccc1. The molecule has 42 heavy (non-hydrogen) atoms. The summed E-state index contributed by atoms with van der Waals surface area (Å²) < 4.78 is 76.7. The van der Waals surface area contributed by atoms with Crippen LogP contribution in [0.1, 0.15) is 0 Å². The highest BCUT2D eigenvalue weighted by atomic mass is 32.2. The van der Waals surface area contributed by atoms with Gasteiger partial charge >= 0.3 is 0 Å². The molecule has 11 nitrogen and oxygen atoms in total. The van der Waals surface area contributed by atoms with Crippen molar-refractivity contribution >= 4 is 76.5 Å². The van der Waals surface area contributed by atoms with Crippen LogP contribution in [-0.4, -0.2) is 33.1 Å². The van der Waals surface area contributed by atoms with Crippen molar-refractivity contribution < 1.29 is 30.7 Å². The van der Waals surface area contributed by atoms with E-state index in [0.29, 0.717) is 33.8 Å². The Morgan fingerprint density at radius 1 is 0.833 bits per heavy atom. The van der Waals surface area contributed by atoms with Crippen molar-refractivity contribution in [3.63, 3.8) is 0 Å². The van der Waals surface area contributed by atoms with Gasteiger partial charge in [-0.2, -0.15) is 16.8 Å². The molecule has 0 aliphatic carbocycles. The number of nitrogens with two attached hydrogens (primary N) is 1. The number of benzene rings is 5. The second-order valence-electron chi connectivity index (χ2n) is 9.45. The zero-order chi connectivity index (χ0) is 29.8. The lowest BCUT2D eigenvalue weighted by atomic mass is 9.99. The first-order valence-electron chi connectivity index (χ1n) is 12.5. The molecule has 6 N–H and O–H groups in total. The molecule has 1 heterocycles. The van der Waals surface area contributed by atoms with Gasteiger partial charge in [0.2, 0.25) is 0 Å². The number of fused-ring (bicyclic) bond motifs is 4. The van der Waals surface area contributed by atoms with E-state index in [1.54, 1.807) is 71.6 Å². The van der Waals surface area contributed by atoms with Gasteiger partial charge in [0.1, 0.15) is 21.2 Å².